The molecule has 2 heterocycles. The summed E-state index contributed by atoms with van der Waals surface area (Å²) >= 11 is 0. The first-order chi connectivity index (χ1) is 8.24. The zero-order chi connectivity index (χ0) is 11.9. The van der Waals surface area contributed by atoms with Gasteiger partial charge >= 0.3 is 0 Å². The van der Waals surface area contributed by atoms with Gasteiger partial charge in [-0.05, 0) is 18.9 Å². The number of aromatic nitrogens is 3. The molecule has 2 aromatic rings. The maximum Gasteiger partial charge on any atom is 0.156 e. The Balaban J connectivity index is 1.90. The third-order valence-electron chi connectivity index (χ3n) is 3.55. The summed E-state index contributed by atoms with van der Waals surface area (Å²) in [7, 11) is 2.01. The lowest BCUT2D eigenvalue weighted by Crippen LogP contribution is -2.29. The van der Waals surface area contributed by atoms with Crippen LogP contribution in [0.15, 0.2) is 18.6 Å². The average molecular weight is 232 g/mol. The monoisotopic (exact) mass is 232 g/mol. The number of fused-ring (bicyclic) bond motifs is 1. The van der Waals surface area contributed by atoms with Crippen LogP contribution in [0.5, 0.6) is 0 Å². The van der Waals surface area contributed by atoms with Crippen molar-refractivity contribution in [2.75, 3.05) is 25.1 Å². The molecule has 0 radical (unpaired) electrons. The molecule has 1 saturated carbocycles. The normalized spacial score (nSPS) is 17.3. The van der Waals surface area contributed by atoms with E-state index >= 15 is 0 Å². The molecule has 1 aliphatic carbocycles. The van der Waals surface area contributed by atoms with Gasteiger partial charge in [0.05, 0.1) is 18.5 Å². The molecular weight excluding hydrogens is 216 g/mol. The zero-order valence-corrected chi connectivity index (χ0v) is 9.85. The maximum absolute atomic E-state index is 9.36. The van der Waals surface area contributed by atoms with Gasteiger partial charge in [0.25, 0.3) is 0 Å². The van der Waals surface area contributed by atoms with Crippen LogP contribution in [0.25, 0.3) is 11.0 Å². The van der Waals surface area contributed by atoms with Gasteiger partial charge in [-0.1, -0.05) is 0 Å². The first-order valence-electron chi connectivity index (χ1n) is 5.84. The minimum absolute atomic E-state index is 0.0922. The predicted octanol–water partition coefficient (Wildman–Crippen LogP) is 1.17. The number of hydrogen-bond donors (Lipinski definition) is 2. The number of rotatable bonds is 4. The van der Waals surface area contributed by atoms with E-state index in [-0.39, 0.29) is 12.0 Å². The number of anilines is 1. The molecule has 1 aliphatic rings. The van der Waals surface area contributed by atoms with E-state index in [9.17, 15) is 5.11 Å². The van der Waals surface area contributed by atoms with Gasteiger partial charge in [-0.3, -0.25) is 0 Å². The fraction of sp³-hybridized carbons (Fsp3) is 0.500. The van der Waals surface area contributed by atoms with Crippen LogP contribution in [0.4, 0.5) is 5.82 Å². The number of aromatic amines is 1. The Morgan fingerprint density at radius 3 is 3.00 bits per heavy atom. The second kappa shape index (κ2) is 3.70. The SMILES string of the molecule is CN(CC1(CO)CC1)c1nccc2[nH]cnc12. The van der Waals surface area contributed by atoms with E-state index in [1.165, 1.54) is 0 Å². The summed E-state index contributed by atoms with van der Waals surface area (Å²) in [5.41, 5.74) is 1.98. The second-order valence-electron chi connectivity index (χ2n) is 4.95. The summed E-state index contributed by atoms with van der Waals surface area (Å²) in [5, 5.41) is 9.36. The summed E-state index contributed by atoms with van der Waals surface area (Å²) in [6, 6.07) is 1.92. The van der Waals surface area contributed by atoms with Crippen LogP contribution in [0.1, 0.15) is 12.8 Å². The van der Waals surface area contributed by atoms with Crippen molar-refractivity contribution in [1.29, 1.82) is 0 Å². The van der Waals surface area contributed by atoms with E-state index in [4.69, 9.17) is 0 Å². The van der Waals surface area contributed by atoms with Crippen molar-refractivity contribution in [2.24, 2.45) is 5.41 Å². The molecule has 5 heteroatoms. The van der Waals surface area contributed by atoms with Crippen molar-refractivity contribution in [3.63, 3.8) is 0 Å². The number of hydrogen-bond acceptors (Lipinski definition) is 4. The number of nitrogens with zero attached hydrogens (tertiary/aromatic N) is 3. The Bertz CT molecular complexity index is 532. The largest absolute Gasteiger partial charge is 0.396 e. The van der Waals surface area contributed by atoms with Crippen molar-refractivity contribution in [3.05, 3.63) is 18.6 Å². The first kappa shape index (κ1) is 10.5. The van der Waals surface area contributed by atoms with Crippen LogP contribution in [0, 0.1) is 5.41 Å². The molecule has 2 N–H and O–H groups in total. The van der Waals surface area contributed by atoms with Gasteiger partial charge in [0.1, 0.15) is 5.52 Å². The lowest BCUT2D eigenvalue weighted by Gasteiger charge is -2.23. The molecule has 2 aromatic heterocycles. The van der Waals surface area contributed by atoms with E-state index in [2.05, 4.69) is 19.9 Å². The molecule has 0 aromatic carbocycles. The highest BCUT2D eigenvalue weighted by molar-refractivity contribution is 5.85. The third-order valence-corrected chi connectivity index (χ3v) is 3.55. The molecule has 0 spiro atoms. The summed E-state index contributed by atoms with van der Waals surface area (Å²) in [4.78, 5) is 13.9. The van der Waals surface area contributed by atoms with Gasteiger partial charge in [-0.15, -0.1) is 0 Å². The number of aliphatic hydroxyl groups excluding tert-OH is 1. The van der Waals surface area contributed by atoms with Gasteiger partial charge in [-0.25, -0.2) is 9.97 Å². The van der Waals surface area contributed by atoms with Gasteiger partial charge in [0.15, 0.2) is 5.82 Å². The fourth-order valence-electron chi connectivity index (χ4n) is 2.25. The van der Waals surface area contributed by atoms with E-state index in [0.717, 1.165) is 36.2 Å². The standard InChI is InChI=1S/C12H16N4O/c1-16(6-12(7-17)3-4-12)11-10-9(2-5-13-11)14-8-15-10/h2,5,8,17H,3-4,6-7H2,1H3,(H,14,15). The van der Waals surface area contributed by atoms with Crippen molar-refractivity contribution in [2.45, 2.75) is 12.8 Å². The number of pyridine rings is 1. The molecule has 0 amide bonds. The Morgan fingerprint density at radius 1 is 1.47 bits per heavy atom. The molecule has 0 aliphatic heterocycles. The molecule has 17 heavy (non-hydrogen) atoms. The van der Waals surface area contributed by atoms with E-state index in [1.54, 1.807) is 12.5 Å². The Morgan fingerprint density at radius 2 is 2.29 bits per heavy atom. The Kier molecular flexibility index (Phi) is 2.29. The van der Waals surface area contributed by atoms with Crippen molar-refractivity contribution in [3.8, 4) is 0 Å². The van der Waals surface area contributed by atoms with Gasteiger partial charge in [0.2, 0.25) is 0 Å². The molecule has 5 nitrogen and oxygen atoms in total. The lowest BCUT2D eigenvalue weighted by molar-refractivity contribution is 0.215. The molecule has 0 unspecified atom stereocenters. The molecule has 0 saturated heterocycles. The lowest BCUT2D eigenvalue weighted by atomic mass is 10.1. The molecule has 0 atom stereocenters. The predicted molar refractivity (Wildman–Crippen MR) is 65.9 cm³/mol. The van der Waals surface area contributed by atoms with E-state index in [1.807, 2.05) is 13.1 Å². The van der Waals surface area contributed by atoms with Crippen molar-refractivity contribution >= 4 is 16.9 Å². The number of imidazole rings is 1. The smallest absolute Gasteiger partial charge is 0.156 e. The van der Waals surface area contributed by atoms with E-state index in [0.29, 0.717) is 0 Å². The number of aliphatic hydroxyl groups is 1. The summed E-state index contributed by atoms with van der Waals surface area (Å²) < 4.78 is 0. The van der Waals surface area contributed by atoms with Crippen LogP contribution >= 0.6 is 0 Å². The second-order valence-corrected chi connectivity index (χ2v) is 4.95. The summed E-state index contributed by atoms with van der Waals surface area (Å²) in [6.45, 7) is 1.09. The highest BCUT2D eigenvalue weighted by atomic mass is 16.3. The van der Waals surface area contributed by atoms with Gasteiger partial charge in [-0.2, -0.15) is 0 Å². The molecular formula is C12H16N4O. The molecule has 90 valence electrons. The van der Waals surface area contributed by atoms with Crippen LogP contribution < -0.4 is 4.90 Å². The van der Waals surface area contributed by atoms with Crippen LogP contribution in [-0.4, -0.2) is 40.3 Å². The average Bonchev–Trinajstić information content (AvgIpc) is 2.95. The third kappa shape index (κ3) is 1.76. The van der Waals surface area contributed by atoms with Gasteiger partial charge < -0.3 is 15.0 Å². The molecule has 3 rings (SSSR count). The minimum atomic E-state index is 0.0922. The first-order valence-corrected chi connectivity index (χ1v) is 5.84. The Labute approximate surface area is 99.5 Å². The zero-order valence-electron chi connectivity index (χ0n) is 9.85. The minimum Gasteiger partial charge on any atom is -0.396 e. The fourth-order valence-corrected chi connectivity index (χ4v) is 2.25. The molecule has 1 fully saturated rings. The highest BCUT2D eigenvalue weighted by Crippen LogP contribution is 2.46. The molecule has 0 bridgehead atoms. The van der Waals surface area contributed by atoms with E-state index < -0.39 is 0 Å². The Hall–Kier alpha value is -1.62. The number of nitrogens with one attached hydrogen (secondary N) is 1. The van der Waals surface area contributed by atoms with Crippen molar-refractivity contribution in [1.82, 2.24) is 15.0 Å². The summed E-state index contributed by atoms with van der Waals surface area (Å²) in [6.07, 6.45) is 5.67. The quantitative estimate of drug-likeness (QED) is 0.830. The van der Waals surface area contributed by atoms with Crippen LogP contribution in [-0.2, 0) is 0 Å². The summed E-state index contributed by atoms with van der Waals surface area (Å²) in [5.74, 6) is 0.878. The van der Waals surface area contributed by atoms with Gasteiger partial charge in [0, 0.05) is 25.2 Å². The topological polar surface area (TPSA) is 65.0 Å². The highest BCUT2D eigenvalue weighted by Gasteiger charge is 2.43. The number of H-pyrrole nitrogens is 1. The van der Waals surface area contributed by atoms with Crippen molar-refractivity contribution < 1.29 is 5.11 Å². The van der Waals surface area contributed by atoms with Crippen LogP contribution in [0.3, 0.4) is 0 Å². The van der Waals surface area contributed by atoms with Crippen LogP contribution in [0.2, 0.25) is 0 Å². The maximum atomic E-state index is 9.36.